The third-order valence-electron chi connectivity index (χ3n) is 1.61. The molecule has 0 amide bonds. The summed E-state index contributed by atoms with van der Waals surface area (Å²) in [6.07, 6.45) is 1.34. The summed E-state index contributed by atoms with van der Waals surface area (Å²) in [5.41, 5.74) is 5.15. The second-order valence-corrected chi connectivity index (χ2v) is 2.58. The van der Waals surface area contributed by atoms with Crippen LogP contribution >= 0.6 is 0 Å². The fourth-order valence-electron chi connectivity index (χ4n) is 0.965. The summed E-state index contributed by atoms with van der Waals surface area (Å²) in [6, 6.07) is 3.21. The lowest BCUT2D eigenvalue weighted by Crippen LogP contribution is -2.27. The molecule has 0 saturated heterocycles. The van der Waals surface area contributed by atoms with E-state index in [1.807, 2.05) is 0 Å². The molecule has 0 bridgehead atoms. The number of hydrogen-bond donors (Lipinski definition) is 1. The average Bonchev–Trinajstić information content (AvgIpc) is 2.05. The molecule has 0 spiro atoms. The lowest BCUT2D eigenvalue weighted by atomic mass is 10.1. The molecule has 0 aromatic carbocycles. The molecule has 2 N–H and O–H groups in total. The number of halogens is 2. The van der Waals surface area contributed by atoms with E-state index in [-0.39, 0.29) is 5.69 Å². The van der Waals surface area contributed by atoms with Crippen LogP contribution in [-0.2, 0) is 5.92 Å². The molecule has 1 heterocycles. The van der Waals surface area contributed by atoms with Crippen molar-refractivity contribution in [1.82, 2.24) is 4.98 Å². The Hall–Kier alpha value is -1.03. The molecular weight excluding hydrogens is 162 g/mol. The van der Waals surface area contributed by atoms with E-state index in [2.05, 4.69) is 4.98 Å². The van der Waals surface area contributed by atoms with Crippen molar-refractivity contribution in [2.24, 2.45) is 5.73 Å². The van der Waals surface area contributed by atoms with E-state index in [0.717, 1.165) is 0 Å². The number of aromatic nitrogens is 1. The lowest BCUT2D eigenvalue weighted by Gasteiger charge is -2.14. The molecule has 66 valence electrons. The predicted octanol–water partition coefficient (Wildman–Crippen LogP) is 1.44. The average molecular weight is 172 g/mol. The van der Waals surface area contributed by atoms with Gasteiger partial charge in [-0.2, -0.15) is 8.78 Å². The van der Waals surface area contributed by atoms with Gasteiger partial charge in [0.2, 0.25) is 0 Å². The van der Waals surface area contributed by atoms with Crippen molar-refractivity contribution in [2.45, 2.75) is 12.8 Å². The summed E-state index contributed by atoms with van der Waals surface area (Å²) >= 11 is 0. The maximum Gasteiger partial charge on any atom is 0.301 e. The Kier molecular flexibility index (Phi) is 2.38. The molecule has 0 radical (unpaired) electrons. The number of hydrogen-bond acceptors (Lipinski definition) is 2. The molecule has 1 aromatic heterocycles. The summed E-state index contributed by atoms with van der Waals surface area (Å²) in [5, 5.41) is 0. The number of rotatable bonds is 2. The minimum absolute atomic E-state index is 0.229. The predicted molar refractivity (Wildman–Crippen MR) is 41.9 cm³/mol. The monoisotopic (exact) mass is 172 g/mol. The summed E-state index contributed by atoms with van der Waals surface area (Å²) < 4.78 is 25.9. The molecule has 1 rings (SSSR count). The van der Waals surface area contributed by atoms with Crippen molar-refractivity contribution in [1.29, 1.82) is 0 Å². The van der Waals surface area contributed by atoms with E-state index in [1.54, 1.807) is 19.1 Å². The maximum atomic E-state index is 13.0. The zero-order valence-corrected chi connectivity index (χ0v) is 6.72. The fraction of sp³-hybridized carbons (Fsp3) is 0.375. The number of pyridine rings is 1. The first-order valence-corrected chi connectivity index (χ1v) is 3.58. The molecular formula is C8H10F2N2. The zero-order chi connectivity index (χ0) is 9.19. The highest BCUT2D eigenvalue weighted by atomic mass is 19.3. The normalized spacial score (nSPS) is 11.7. The van der Waals surface area contributed by atoms with Gasteiger partial charge in [0.1, 0.15) is 5.69 Å². The summed E-state index contributed by atoms with van der Waals surface area (Å²) in [5.74, 6) is -3.01. The Morgan fingerprint density at radius 2 is 2.25 bits per heavy atom. The number of nitrogens with two attached hydrogens (primary N) is 1. The van der Waals surface area contributed by atoms with Crippen molar-refractivity contribution in [3.63, 3.8) is 0 Å². The van der Waals surface area contributed by atoms with Crippen molar-refractivity contribution in [3.05, 3.63) is 29.6 Å². The van der Waals surface area contributed by atoms with Crippen LogP contribution in [0.3, 0.4) is 0 Å². The summed E-state index contributed by atoms with van der Waals surface area (Å²) in [6.45, 7) is 0.886. The number of alkyl halides is 2. The molecule has 0 saturated carbocycles. The van der Waals surface area contributed by atoms with Crippen LogP contribution in [-0.4, -0.2) is 11.5 Å². The fourth-order valence-corrected chi connectivity index (χ4v) is 0.965. The Bertz CT molecular complexity index is 274. The largest absolute Gasteiger partial charge is 0.325 e. The molecule has 12 heavy (non-hydrogen) atoms. The topological polar surface area (TPSA) is 38.9 Å². The molecule has 2 nitrogen and oxygen atoms in total. The Morgan fingerprint density at radius 3 is 2.75 bits per heavy atom. The van der Waals surface area contributed by atoms with Crippen LogP contribution in [0.15, 0.2) is 18.3 Å². The summed E-state index contributed by atoms with van der Waals surface area (Å²) in [7, 11) is 0. The van der Waals surface area contributed by atoms with Crippen molar-refractivity contribution in [2.75, 3.05) is 6.54 Å². The van der Waals surface area contributed by atoms with E-state index in [1.165, 1.54) is 6.20 Å². The first kappa shape index (κ1) is 9.06. The second kappa shape index (κ2) is 3.15. The first-order valence-electron chi connectivity index (χ1n) is 3.58. The molecule has 0 aliphatic rings. The summed E-state index contributed by atoms with van der Waals surface area (Å²) in [4.78, 5) is 3.59. The van der Waals surface area contributed by atoms with Crippen molar-refractivity contribution in [3.8, 4) is 0 Å². The highest BCUT2D eigenvalue weighted by Crippen LogP contribution is 2.26. The molecule has 0 aliphatic carbocycles. The number of nitrogens with zero attached hydrogens (tertiary/aromatic N) is 1. The van der Waals surface area contributed by atoms with Crippen LogP contribution in [0, 0.1) is 6.92 Å². The Balaban J connectivity index is 3.10. The van der Waals surface area contributed by atoms with Gasteiger partial charge in [0, 0.05) is 6.20 Å². The quantitative estimate of drug-likeness (QED) is 0.733. The first-order chi connectivity index (χ1) is 5.58. The van der Waals surface area contributed by atoms with Gasteiger partial charge in [-0.25, -0.2) is 0 Å². The van der Waals surface area contributed by atoms with Gasteiger partial charge in [-0.1, -0.05) is 6.07 Å². The molecule has 1 aromatic rings. The van der Waals surface area contributed by atoms with E-state index in [9.17, 15) is 8.78 Å². The van der Waals surface area contributed by atoms with E-state index in [4.69, 9.17) is 5.73 Å². The third-order valence-corrected chi connectivity index (χ3v) is 1.61. The second-order valence-electron chi connectivity index (χ2n) is 2.58. The standard InChI is InChI=1S/C8H10F2N2/c1-6-3-2-4-12-7(6)8(9,10)5-11/h2-4H,5,11H2,1H3. The van der Waals surface area contributed by atoms with Crippen LogP contribution in [0.2, 0.25) is 0 Å². The Morgan fingerprint density at radius 1 is 1.58 bits per heavy atom. The van der Waals surface area contributed by atoms with Gasteiger partial charge >= 0.3 is 5.92 Å². The zero-order valence-electron chi connectivity index (χ0n) is 6.72. The molecule has 0 fully saturated rings. The van der Waals surface area contributed by atoms with Gasteiger partial charge in [-0.05, 0) is 18.6 Å². The molecule has 0 aliphatic heterocycles. The minimum Gasteiger partial charge on any atom is -0.325 e. The molecule has 0 unspecified atom stereocenters. The van der Waals surface area contributed by atoms with Gasteiger partial charge in [-0.15, -0.1) is 0 Å². The van der Waals surface area contributed by atoms with Gasteiger partial charge < -0.3 is 5.73 Å². The third kappa shape index (κ3) is 1.58. The van der Waals surface area contributed by atoms with Crippen LogP contribution in [0.25, 0.3) is 0 Å². The van der Waals surface area contributed by atoms with E-state index in [0.29, 0.717) is 5.56 Å². The van der Waals surface area contributed by atoms with Crippen LogP contribution in [0.5, 0.6) is 0 Å². The van der Waals surface area contributed by atoms with Crippen molar-refractivity contribution >= 4 is 0 Å². The molecule has 4 heteroatoms. The van der Waals surface area contributed by atoms with Crippen LogP contribution in [0.4, 0.5) is 8.78 Å². The van der Waals surface area contributed by atoms with Gasteiger partial charge in [0.25, 0.3) is 0 Å². The van der Waals surface area contributed by atoms with Gasteiger partial charge in [0.15, 0.2) is 0 Å². The van der Waals surface area contributed by atoms with E-state index >= 15 is 0 Å². The van der Waals surface area contributed by atoms with Crippen LogP contribution < -0.4 is 5.73 Å². The van der Waals surface area contributed by atoms with Crippen molar-refractivity contribution < 1.29 is 8.78 Å². The highest BCUT2D eigenvalue weighted by molar-refractivity contribution is 5.22. The number of aryl methyl sites for hydroxylation is 1. The Labute approximate surface area is 69.4 Å². The minimum atomic E-state index is -3.01. The van der Waals surface area contributed by atoms with Crippen LogP contribution in [0.1, 0.15) is 11.3 Å². The van der Waals surface area contributed by atoms with Gasteiger partial charge in [-0.3, -0.25) is 4.98 Å². The maximum absolute atomic E-state index is 13.0. The van der Waals surface area contributed by atoms with E-state index < -0.39 is 12.5 Å². The lowest BCUT2D eigenvalue weighted by molar-refractivity contribution is 0.000711. The highest BCUT2D eigenvalue weighted by Gasteiger charge is 2.32. The SMILES string of the molecule is Cc1cccnc1C(F)(F)CN. The molecule has 0 atom stereocenters. The smallest absolute Gasteiger partial charge is 0.301 e. The van der Waals surface area contributed by atoms with Gasteiger partial charge in [0.05, 0.1) is 6.54 Å².